The highest BCUT2D eigenvalue weighted by Gasteiger charge is 2.04. The second-order valence-electron chi connectivity index (χ2n) is 5.96. The molecule has 1 fully saturated rings. The lowest BCUT2D eigenvalue weighted by Crippen LogP contribution is -2.10. The zero-order valence-electron chi connectivity index (χ0n) is 19.1. The molecule has 160 valence electrons. The summed E-state index contributed by atoms with van der Waals surface area (Å²) in [6, 6.07) is 20.5. The minimum Gasteiger partial charge on any atom is -0.400 e. The quantitative estimate of drug-likeness (QED) is 0.484. The number of hydrogen-bond donors (Lipinski definition) is 2. The molecule has 4 rings (SSSR count). The molecule has 1 heterocycles. The van der Waals surface area contributed by atoms with Gasteiger partial charge in [-0.1, -0.05) is 121 Å². The van der Waals surface area contributed by atoms with Crippen molar-refractivity contribution in [3.05, 3.63) is 66.2 Å². The fourth-order valence-electron chi connectivity index (χ4n) is 2.86. The average molecular weight is 388 g/mol. The molecule has 1 aliphatic carbocycles. The fraction of sp³-hybridized carbons (Fsp3) is 0.538. The molecule has 0 spiro atoms. The van der Waals surface area contributed by atoms with Crippen molar-refractivity contribution in [1.82, 2.24) is 0 Å². The predicted octanol–water partition coefficient (Wildman–Crippen LogP) is 7.73. The van der Waals surface area contributed by atoms with Gasteiger partial charge in [-0.15, -0.1) is 0 Å². The minimum atomic E-state index is 1.00. The number of rotatable bonds is 0. The van der Waals surface area contributed by atoms with Crippen molar-refractivity contribution in [1.29, 1.82) is 0 Å². The molecule has 0 bridgehead atoms. The Bertz CT molecular complexity index is 432. The Morgan fingerprint density at radius 3 is 1.36 bits per heavy atom. The van der Waals surface area contributed by atoms with Crippen LogP contribution in [0.25, 0.3) is 0 Å². The van der Waals surface area contributed by atoms with Gasteiger partial charge in [-0.05, 0) is 24.5 Å². The van der Waals surface area contributed by atoms with E-state index in [1.54, 1.807) is 0 Å². The molecule has 2 aliphatic rings. The first-order valence-electron chi connectivity index (χ1n) is 11.2. The molecule has 28 heavy (non-hydrogen) atoms. The fourth-order valence-corrected chi connectivity index (χ4v) is 2.86. The first kappa shape index (κ1) is 28.4. The van der Waals surface area contributed by atoms with Crippen molar-refractivity contribution >= 4 is 5.69 Å². The van der Waals surface area contributed by atoms with Crippen molar-refractivity contribution < 1.29 is 5.11 Å². The third-order valence-corrected chi connectivity index (χ3v) is 4.12. The Kier molecular flexibility index (Phi) is 25.6. The molecule has 0 aromatic heterocycles. The van der Waals surface area contributed by atoms with Crippen LogP contribution in [0.1, 0.15) is 78.2 Å². The van der Waals surface area contributed by atoms with E-state index in [1.165, 1.54) is 62.6 Å². The van der Waals surface area contributed by atoms with Gasteiger partial charge in [-0.3, -0.25) is 0 Å². The number of aryl methyl sites for hydroxylation is 1. The average Bonchev–Trinajstić information content (AvgIpc) is 2.86. The van der Waals surface area contributed by atoms with Gasteiger partial charge in [0.25, 0.3) is 0 Å². The standard InChI is InChI=1S/C9H11N.C6H12.C6H6.2C2H6.CH4O/c1-2-6-9-8(4-1)5-3-7-10-9;2*1-2-4-6-5-3-1;3*1-2/h1-2,4,6,10H,3,5,7H2;1-6H2;1-6H;2*1-2H3;2H,1H3. The van der Waals surface area contributed by atoms with Crippen molar-refractivity contribution in [2.75, 3.05) is 19.0 Å². The van der Waals surface area contributed by atoms with E-state index in [1.807, 2.05) is 64.1 Å². The van der Waals surface area contributed by atoms with E-state index < -0.39 is 0 Å². The smallest absolute Gasteiger partial charge is 0.0372 e. The predicted molar refractivity (Wildman–Crippen MR) is 128 cm³/mol. The molecular weight excluding hydrogens is 342 g/mol. The molecule has 1 saturated carbocycles. The van der Waals surface area contributed by atoms with E-state index in [0.29, 0.717) is 0 Å². The summed E-state index contributed by atoms with van der Waals surface area (Å²) in [5, 5.41) is 10.4. The molecule has 0 radical (unpaired) electrons. The maximum Gasteiger partial charge on any atom is 0.0372 e. The van der Waals surface area contributed by atoms with Crippen LogP contribution in [0.4, 0.5) is 5.69 Å². The van der Waals surface area contributed by atoms with Crippen LogP contribution in [0.5, 0.6) is 0 Å². The van der Waals surface area contributed by atoms with Crippen LogP contribution in [0, 0.1) is 0 Å². The summed E-state index contributed by atoms with van der Waals surface area (Å²) >= 11 is 0. The Labute approximate surface area is 175 Å². The van der Waals surface area contributed by atoms with Gasteiger partial charge < -0.3 is 10.4 Å². The van der Waals surface area contributed by atoms with Crippen molar-refractivity contribution in [2.45, 2.75) is 79.1 Å². The van der Waals surface area contributed by atoms with Gasteiger partial charge in [0.1, 0.15) is 0 Å². The Balaban J connectivity index is 0. The summed E-state index contributed by atoms with van der Waals surface area (Å²) in [6.07, 6.45) is 11.5. The Hall–Kier alpha value is -1.80. The molecule has 0 amide bonds. The summed E-state index contributed by atoms with van der Waals surface area (Å²) < 4.78 is 0. The van der Waals surface area contributed by atoms with Crippen LogP contribution in [0.2, 0.25) is 0 Å². The van der Waals surface area contributed by atoms with Crippen LogP contribution in [0.3, 0.4) is 0 Å². The van der Waals surface area contributed by atoms with Crippen LogP contribution in [-0.4, -0.2) is 18.8 Å². The molecule has 1 aliphatic heterocycles. The first-order valence-corrected chi connectivity index (χ1v) is 11.2. The molecule has 0 unspecified atom stereocenters. The normalized spacial score (nSPS) is 13.1. The highest BCUT2D eigenvalue weighted by atomic mass is 16.2. The number of para-hydroxylation sites is 1. The van der Waals surface area contributed by atoms with Gasteiger partial charge >= 0.3 is 0 Å². The second kappa shape index (κ2) is 25.2. The first-order chi connectivity index (χ1) is 14.0. The maximum absolute atomic E-state index is 7.00. The van der Waals surface area contributed by atoms with Gasteiger partial charge in [0.2, 0.25) is 0 Å². The molecule has 2 nitrogen and oxygen atoms in total. The van der Waals surface area contributed by atoms with E-state index in [4.69, 9.17) is 5.11 Å². The largest absolute Gasteiger partial charge is 0.400 e. The number of hydrogen-bond acceptors (Lipinski definition) is 2. The zero-order valence-corrected chi connectivity index (χ0v) is 19.1. The highest BCUT2D eigenvalue weighted by molar-refractivity contribution is 5.52. The van der Waals surface area contributed by atoms with E-state index in [0.717, 1.165) is 13.7 Å². The maximum atomic E-state index is 7.00. The van der Waals surface area contributed by atoms with E-state index in [2.05, 4.69) is 29.6 Å². The number of aliphatic hydroxyl groups is 1. The second-order valence-corrected chi connectivity index (χ2v) is 5.96. The van der Waals surface area contributed by atoms with Gasteiger partial charge in [0, 0.05) is 19.3 Å². The molecule has 2 aromatic rings. The van der Waals surface area contributed by atoms with Gasteiger partial charge in [0.05, 0.1) is 0 Å². The molecule has 2 aromatic carbocycles. The van der Waals surface area contributed by atoms with E-state index >= 15 is 0 Å². The third kappa shape index (κ3) is 16.4. The molecule has 2 heteroatoms. The number of aliphatic hydroxyl groups excluding tert-OH is 1. The van der Waals surface area contributed by atoms with Crippen LogP contribution < -0.4 is 5.32 Å². The monoisotopic (exact) mass is 387 g/mol. The highest BCUT2D eigenvalue weighted by Crippen LogP contribution is 2.20. The van der Waals surface area contributed by atoms with Crippen molar-refractivity contribution in [2.24, 2.45) is 0 Å². The summed E-state index contributed by atoms with van der Waals surface area (Å²) in [4.78, 5) is 0. The molecule has 0 saturated heterocycles. The Morgan fingerprint density at radius 1 is 0.571 bits per heavy atom. The summed E-state index contributed by atoms with van der Waals surface area (Å²) in [5.41, 5.74) is 2.79. The van der Waals surface area contributed by atoms with Gasteiger partial charge in [-0.2, -0.15) is 0 Å². The number of anilines is 1. The minimum absolute atomic E-state index is 1.00. The van der Waals surface area contributed by atoms with Gasteiger partial charge in [0.15, 0.2) is 0 Å². The summed E-state index contributed by atoms with van der Waals surface area (Å²) in [7, 11) is 1.00. The Morgan fingerprint density at radius 2 is 0.964 bits per heavy atom. The molecular formula is C26H45NO. The van der Waals surface area contributed by atoms with Crippen LogP contribution >= 0.6 is 0 Å². The lowest BCUT2D eigenvalue weighted by molar-refractivity contribution is 0.399. The third-order valence-electron chi connectivity index (χ3n) is 4.12. The molecule has 2 N–H and O–H groups in total. The molecule has 0 atom stereocenters. The summed E-state index contributed by atoms with van der Waals surface area (Å²) in [6.45, 7) is 9.14. The topological polar surface area (TPSA) is 32.3 Å². The summed E-state index contributed by atoms with van der Waals surface area (Å²) in [5.74, 6) is 0. The number of fused-ring (bicyclic) bond motifs is 1. The van der Waals surface area contributed by atoms with Crippen LogP contribution in [-0.2, 0) is 6.42 Å². The number of nitrogens with one attached hydrogen (secondary N) is 1. The van der Waals surface area contributed by atoms with E-state index in [-0.39, 0.29) is 0 Å². The lowest BCUT2D eigenvalue weighted by atomic mass is 10.0. The van der Waals surface area contributed by atoms with E-state index in [9.17, 15) is 0 Å². The number of benzene rings is 2. The van der Waals surface area contributed by atoms with Crippen molar-refractivity contribution in [3.8, 4) is 0 Å². The lowest BCUT2D eigenvalue weighted by Gasteiger charge is -2.16. The van der Waals surface area contributed by atoms with Crippen molar-refractivity contribution in [3.63, 3.8) is 0 Å². The van der Waals surface area contributed by atoms with Crippen LogP contribution in [0.15, 0.2) is 60.7 Å². The van der Waals surface area contributed by atoms with Gasteiger partial charge in [-0.25, -0.2) is 0 Å². The zero-order chi connectivity index (χ0) is 21.3. The SMILES string of the molecule is C1CCCCC1.CC.CC.CO.c1ccc2c(c1)CCCN2.c1ccccc1.